The van der Waals surface area contributed by atoms with E-state index in [1.807, 2.05) is 0 Å². The Kier molecular flexibility index (Phi) is 5.50. The summed E-state index contributed by atoms with van der Waals surface area (Å²) in [5.74, 6) is -0.277. The van der Waals surface area contributed by atoms with Crippen LogP contribution in [0.5, 0.6) is 0 Å². The van der Waals surface area contributed by atoms with Gasteiger partial charge in [-0.2, -0.15) is 0 Å². The van der Waals surface area contributed by atoms with Gasteiger partial charge in [-0.05, 0) is 31.0 Å². The Labute approximate surface area is 114 Å². The minimum atomic E-state index is -3.80. The average Bonchev–Trinajstić information content (AvgIpc) is 2.33. The molecule has 1 rings (SSSR count). The second kappa shape index (κ2) is 6.68. The molecule has 1 aromatic rings. The first-order valence-electron chi connectivity index (χ1n) is 6.28. The maximum Gasteiger partial charge on any atom is 0.251 e. The second-order valence-corrected chi connectivity index (χ2v) is 6.02. The lowest BCUT2D eigenvalue weighted by Gasteiger charge is -2.08. The lowest BCUT2D eigenvalue weighted by atomic mass is 10.1. The Balaban J connectivity index is 2.82. The van der Waals surface area contributed by atoms with E-state index in [-0.39, 0.29) is 10.8 Å². The van der Waals surface area contributed by atoms with E-state index in [4.69, 9.17) is 5.14 Å². The van der Waals surface area contributed by atoms with Crippen LogP contribution in [-0.4, -0.2) is 20.9 Å². The molecule has 1 amide bonds. The van der Waals surface area contributed by atoms with Crippen LogP contribution in [0.1, 0.15) is 42.1 Å². The van der Waals surface area contributed by atoms with E-state index in [0.717, 1.165) is 19.3 Å². The summed E-state index contributed by atoms with van der Waals surface area (Å²) in [6, 6.07) is 4.50. The summed E-state index contributed by atoms with van der Waals surface area (Å²) in [6.07, 6.45) is 3.04. The van der Waals surface area contributed by atoms with Crippen LogP contribution < -0.4 is 10.5 Å². The summed E-state index contributed by atoms with van der Waals surface area (Å²) in [6.45, 7) is 4.31. The van der Waals surface area contributed by atoms with Crippen molar-refractivity contribution in [3.63, 3.8) is 0 Å². The van der Waals surface area contributed by atoms with E-state index in [2.05, 4.69) is 12.2 Å². The summed E-state index contributed by atoms with van der Waals surface area (Å²) in [7, 11) is -3.80. The normalized spacial score (nSPS) is 11.3. The molecule has 1 aromatic carbocycles. The van der Waals surface area contributed by atoms with Crippen LogP contribution in [0, 0.1) is 6.92 Å². The van der Waals surface area contributed by atoms with Gasteiger partial charge in [0.15, 0.2) is 0 Å². The van der Waals surface area contributed by atoms with Gasteiger partial charge in [0.25, 0.3) is 5.91 Å². The molecule has 0 aromatic heterocycles. The molecule has 0 aliphatic rings. The van der Waals surface area contributed by atoms with E-state index >= 15 is 0 Å². The van der Waals surface area contributed by atoms with Crippen LogP contribution in [0.25, 0.3) is 0 Å². The highest BCUT2D eigenvalue weighted by Crippen LogP contribution is 2.15. The van der Waals surface area contributed by atoms with Crippen LogP contribution in [0.2, 0.25) is 0 Å². The number of nitrogens with one attached hydrogen (secondary N) is 1. The maximum atomic E-state index is 11.9. The molecule has 0 spiro atoms. The van der Waals surface area contributed by atoms with E-state index in [9.17, 15) is 13.2 Å². The standard InChI is InChI=1S/C13H20N2O3S/c1-3-4-5-8-15-13(16)11-7-6-10(2)12(9-11)19(14,17)18/h6-7,9H,3-5,8H2,1-2H3,(H,15,16)(H2,14,17,18). The Hall–Kier alpha value is -1.40. The quantitative estimate of drug-likeness (QED) is 0.777. The minimum absolute atomic E-state index is 0.00583. The highest BCUT2D eigenvalue weighted by atomic mass is 32.2. The molecule has 106 valence electrons. The summed E-state index contributed by atoms with van der Waals surface area (Å²) in [5.41, 5.74) is 0.844. The van der Waals surface area contributed by atoms with Crippen molar-refractivity contribution in [3.05, 3.63) is 29.3 Å². The van der Waals surface area contributed by atoms with Crippen molar-refractivity contribution >= 4 is 15.9 Å². The lowest BCUT2D eigenvalue weighted by molar-refractivity contribution is 0.0952. The second-order valence-electron chi connectivity index (χ2n) is 4.49. The van der Waals surface area contributed by atoms with Gasteiger partial charge >= 0.3 is 0 Å². The molecule has 0 bridgehead atoms. The number of carbonyl (C=O) groups is 1. The third-order valence-electron chi connectivity index (χ3n) is 2.82. The predicted molar refractivity (Wildman–Crippen MR) is 74.4 cm³/mol. The van der Waals surface area contributed by atoms with Crippen molar-refractivity contribution in [2.24, 2.45) is 5.14 Å². The van der Waals surface area contributed by atoms with E-state index in [1.54, 1.807) is 19.1 Å². The number of nitrogens with two attached hydrogens (primary N) is 1. The summed E-state index contributed by atoms with van der Waals surface area (Å²) < 4.78 is 22.7. The number of unbranched alkanes of at least 4 members (excludes halogenated alkanes) is 2. The largest absolute Gasteiger partial charge is 0.352 e. The van der Waals surface area contributed by atoms with Crippen molar-refractivity contribution in [2.75, 3.05) is 6.54 Å². The van der Waals surface area contributed by atoms with Gasteiger partial charge < -0.3 is 5.32 Å². The zero-order valence-corrected chi connectivity index (χ0v) is 12.1. The van der Waals surface area contributed by atoms with Gasteiger partial charge in [0.2, 0.25) is 10.0 Å². The predicted octanol–water partition coefficient (Wildman–Crippen LogP) is 1.56. The molecule has 0 aliphatic carbocycles. The van der Waals surface area contributed by atoms with E-state index in [0.29, 0.717) is 17.7 Å². The van der Waals surface area contributed by atoms with Gasteiger partial charge in [-0.1, -0.05) is 25.8 Å². The number of carbonyl (C=O) groups excluding carboxylic acids is 1. The average molecular weight is 284 g/mol. The number of primary sulfonamides is 1. The first-order valence-corrected chi connectivity index (χ1v) is 7.82. The topological polar surface area (TPSA) is 89.3 Å². The fourth-order valence-corrected chi connectivity index (χ4v) is 2.53. The summed E-state index contributed by atoms with van der Waals surface area (Å²) in [4.78, 5) is 11.8. The fraction of sp³-hybridized carbons (Fsp3) is 0.462. The van der Waals surface area contributed by atoms with Crippen molar-refractivity contribution in [1.82, 2.24) is 5.32 Å². The van der Waals surface area contributed by atoms with E-state index in [1.165, 1.54) is 6.07 Å². The number of hydrogen-bond acceptors (Lipinski definition) is 3. The Morgan fingerprint density at radius 2 is 2.00 bits per heavy atom. The third-order valence-corrected chi connectivity index (χ3v) is 3.88. The molecule has 0 fully saturated rings. The molecule has 0 saturated carbocycles. The highest BCUT2D eigenvalue weighted by Gasteiger charge is 2.14. The fourth-order valence-electron chi connectivity index (χ4n) is 1.73. The number of aryl methyl sites for hydroxylation is 1. The number of hydrogen-bond donors (Lipinski definition) is 2. The number of sulfonamides is 1. The van der Waals surface area contributed by atoms with Crippen LogP contribution in [0.3, 0.4) is 0 Å². The monoisotopic (exact) mass is 284 g/mol. The molecule has 0 unspecified atom stereocenters. The molecule has 0 saturated heterocycles. The molecule has 0 heterocycles. The molecular formula is C13H20N2O3S. The van der Waals surface area contributed by atoms with Crippen LogP contribution in [0.4, 0.5) is 0 Å². The number of benzene rings is 1. The Morgan fingerprint density at radius 1 is 1.32 bits per heavy atom. The highest BCUT2D eigenvalue weighted by molar-refractivity contribution is 7.89. The summed E-state index contributed by atoms with van der Waals surface area (Å²) in [5, 5.41) is 7.86. The Morgan fingerprint density at radius 3 is 2.58 bits per heavy atom. The molecule has 3 N–H and O–H groups in total. The minimum Gasteiger partial charge on any atom is -0.352 e. The van der Waals surface area contributed by atoms with Crippen LogP contribution in [0.15, 0.2) is 23.1 Å². The first-order chi connectivity index (χ1) is 8.86. The van der Waals surface area contributed by atoms with Crippen molar-refractivity contribution in [2.45, 2.75) is 38.0 Å². The zero-order chi connectivity index (χ0) is 14.5. The van der Waals surface area contributed by atoms with Crippen LogP contribution >= 0.6 is 0 Å². The zero-order valence-electron chi connectivity index (χ0n) is 11.3. The van der Waals surface area contributed by atoms with E-state index < -0.39 is 10.0 Å². The smallest absolute Gasteiger partial charge is 0.251 e. The first kappa shape index (κ1) is 15.7. The molecule has 0 atom stereocenters. The number of amides is 1. The molecule has 0 aliphatic heterocycles. The van der Waals surface area contributed by atoms with Gasteiger partial charge in [0.05, 0.1) is 4.90 Å². The van der Waals surface area contributed by atoms with Gasteiger partial charge in [-0.15, -0.1) is 0 Å². The molecular weight excluding hydrogens is 264 g/mol. The summed E-state index contributed by atoms with van der Waals surface area (Å²) >= 11 is 0. The van der Waals surface area contributed by atoms with Gasteiger partial charge in [0.1, 0.15) is 0 Å². The van der Waals surface area contributed by atoms with Crippen LogP contribution in [-0.2, 0) is 10.0 Å². The van der Waals surface area contributed by atoms with Crippen molar-refractivity contribution in [1.29, 1.82) is 0 Å². The lowest BCUT2D eigenvalue weighted by Crippen LogP contribution is -2.25. The molecule has 0 radical (unpaired) electrons. The van der Waals surface area contributed by atoms with Gasteiger partial charge in [-0.25, -0.2) is 13.6 Å². The van der Waals surface area contributed by atoms with Gasteiger partial charge in [-0.3, -0.25) is 4.79 Å². The van der Waals surface area contributed by atoms with Crippen molar-refractivity contribution < 1.29 is 13.2 Å². The number of rotatable bonds is 6. The molecule has 6 heteroatoms. The molecule has 19 heavy (non-hydrogen) atoms. The van der Waals surface area contributed by atoms with Crippen molar-refractivity contribution in [3.8, 4) is 0 Å². The SMILES string of the molecule is CCCCCNC(=O)c1ccc(C)c(S(N)(=O)=O)c1. The van der Waals surface area contributed by atoms with Gasteiger partial charge in [0, 0.05) is 12.1 Å². The molecule has 5 nitrogen and oxygen atoms in total. The maximum absolute atomic E-state index is 11.9. The Bertz CT molecular complexity index is 553. The third kappa shape index (κ3) is 4.65.